The second kappa shape index (κ2) is 9.19. The molecular formula is C24H35N3O2. The molecule has 2 saturated heterocycles. The Kier molecular flexibility index (Phi) is 6.41. The summed E-state index contributed by atoms with van der Waals surface area (Å²) in [4.78, 5) is 29.6. The highest BCUT2D eigenvalue weighted by atomic mass is 16.2. The Bertz CT molecular complexity index is 693. The molecule has 158 valence electrons. The molecule has 0 aromatic heterocycles. The zero-order valence-electron chi connectivity index (χ0n) is 17.6. The first kappa shape index (κ1) is 20.2. The first-order valence-corrected chi connectivity index (χ1v) is 11.6. The average molecular weight is 398 g/mol. The van der Waals surface area contributed by atoms with Crippen molar-refractivity contribution >= 4 is 11.9 Å². The summed E-state index contributed by atoms with van der Waals surface area (Å²) in [6.45, 7) is 3.80. The number of benzene rings is 1. The second-order valence-corrected chi connectivity index (χ2v) is 9.19. The van der Waals surface area contributed by atoms with E-state index < -0.39 is 0 Å². The van der Waals surface area contributed by atoms with E-state index in [1.54, 1.807) is 0 Å². The summed E-state index contributed by atoms with van der Waals surface area (Å²) in [5.74, 6) is 0.0523. The van der Waals surface area contributed by atoms with Crippen molar-refractivity contribution in [2.24, 2.45) is 5.92 Å². The molecule has 3 amide bonds. The Morgan fingerprint density at radius 1 is 0.897 bits per heavy atom. The van der Waals surface area contributed by atoms with Crippen molar-refractivity contribution in [2.45, 2.75) is 63.2 Å². The predicted octanol–water partition coefficient (Wildman–Crippen LogP) is 3.93. The first-order chi connectivity index (χ1) is 14.2. The van der Waals surface area contributed by atoms with Gasteiger partial charge in [-0.15, -0.1) is 0 Å². The molecule has 5 nitrogen and oxygen atoms in total. The summed E-state index contributed by atoms with van der Waals surface area (Å²) in [6, 6.07) is 10.8. The molecule has 1 aromatic carbocycles. The van der Waals surface area contributed by atoms with Gasteiger partial charge in [0.25, 0.3) is 0 Å². The fraction of sp³-hybridized carbons (Fsp3) is 0.667. The Morgan fingerprint density at radius 2 is 1.59 bits per heavy atom. The lowest BCUT2D eigenvalue weighted by atomic mass is 9.69. The lowest BCUT2D eigenvalue weighted by molar-refractivity contribution is -0.126. The van der Waals surface area contributed by atoms with Crippen LogP contribution in [0.1, 0.15) is 63.4 Å². The van der Waals surface area contributed by atoms with E-state index in [1.165, 1.54) is 24.8 Å². The fourth-order valence-corrected chi connectivity index (χ4v) is 5.46. The highest BCUT2D eigenvalue weighted by Gasteiger charge is 2.36. The molecule has 0 radical (unpaired) electrons. The van der Waals surface area contributed by atoms with Crippen molar-refractivity contribution in [3.63, 3.8) is 0 Å². The van der Waals surface area contributed by atoms with Gasteiger partial charge < -0.3 is 15.1 Å². The minimum Gasteiger partial charge on any atom is -0.355 e. The SMILES string of the molecule is O=C(NCC1(c2ccccc2)CCCCC1)[C@@H]1CCCN(C(=O)N2CCCC2)C1. The van der Waals surface area contributed by atoms with Crippen LogP contribution in [0.4, 0.5) is 4.79 Å². The molecule has 0 unspecified atom stereocenters. The molecule has 1 N–H and O–H groups in total. The van der Waals surface area contributed by atoms with E-state index in [4.69, 9.17) is 0 Å². The quantitative estimate of drug-likeness (QED) is 0.837. The van der Waals surface area contributed by atoms with Gasteiger partial charge in [-0.05, 0) is 44.1 Å². The van der Waals surface area contributed by atoms with Gasteiger partial charge in [0.2, 0.25) is 5.91 Å². The normalized spacial score (nSPS) is 24.3. The number of likely N-dealkylation sites (tertiary alicyclic amines) is 2. The van der Waals surface area contributed by atoms with Crippen molar-refractivity contribution in [3.05, 3.63) is 35.9 Å². The van der Waals surface area contributed by atoms with E-state index >= 15 is 0 Å². The maximum Gasteiger partial charge on any atom is 0.320 e. The molecule has 1 aromatic rings. The van der Waals surface area contributed by atoms with Crippen molar-refractivity contribution in [1.29, 1.82) is 0 Å². The smallest absolute Gasteiger partial charge is 0.320 e. The molecule has 4 rings (SSSR count). The first-order valence-electron chi connectivity index (χ1n) is 11.6. The van der Waals surface area contributed by atoms with Gasteiger partial charge in [-0.25, -0.2) is 4.79 Å². The predicted molar refractivity (Wildman–Crippen MR) is 115 cm³/mol. The number of rotatable bonds is 4. The minimum atomic E-state index is -0.0771. The Balaban J connectivity index is 1.37. The average Bonchev–Trinajstić information content (AvgIpc) is 3.33. The van der Waals surface area contributed by atoms with E-state index in [0.717, 1.165) is 58.2 Å². The summed E-state index contributed by atoms with van der Waals surface area (Å²) >= 11 is 0. The number of amides is 3. The van der Waals surface area contributed by atoms with Crippen LogP contribution in [0, 0.1) is 5.92 Å². The Hall–Kier alpha value is -2.04. The monoisotopic (exact) mass is 397 g/mol. The van der Waals surface area contributed by atoms with Crippen LogP contribution in [-0.2, 0) is 10.2 Å². The van der Waals surface area contributed by atoms with Crippen molar-refractivity contribution in [1.82, 2.24) is 15.1 Å². The summed E-state index contributed by atoms with van der Waals surface area (Å²) in [5.41, 5.74) is 1.42. The van der Waals surface area contributed by atoms with Gasteiger partial charge in [-0.2, -0.15) is 0 Å². The number of piperidine rings is 1. The molecule has 1 aliphatic carbocycles. The molecule has 29 heavy (non-hydrogen) atoms. The molecule has 0 spiro atoms. The van der Waals surface area contributed by atoms with Crippen LogP contribution >= 0.6 is 0 Å². The van der Waals surface area contributed by atoms with Gasteiger partial charge in [0.15, 0.2) is 0 Å². The molecule has 3 aliphatic rings. The Labute approximate surface area is 174 Å². The third-order valence-electron chi connectivity index (χ3n) is 7.24. The summed E-state index contributed by atoms with van der Waals surface area (Å²) in [5, 5.41) is 3.30. The minimum absolute atomic E-state index is 0.0644. The van der Waals surface area contributed by atoms with Crippen LogP contribution in [-0.4, -0.2) is 54.5 Å². The van der Waals surface area contributed by atoms with Crippen LogP contribution in [0.3, 0.4) is 0 Å². The lowest BCUT2D eigenvalue weighted by Crippen LogP contribution is -2.51. The van der Waals surface area contributed by atoms with Crippen LogP contribution in [0.15, 0.2) is 30.3 Å². The van der Waals surface area contributed by atoms with E-state index in [1.807, 2.05) is 9.80 Å². The van der Waals surface area contributed by atoms with Gasteiger partial charge in [-0.1, -0.05) is 49.6 Å². The topological polar surface area (TPSA) is 52.7 Å². The van der Waals surface area contributed by atoms with Crippen molar-refractivity contribution in [3.8, 4) is 0 Å². The highest BCUT2D eigenvalue weighted by molar-refractivity contribution is 5.81. The van der Waals surface area contributed by atoms with Gasteiger partial charge in [0.05, 0.1) is 5.92 Å². The highest BCUT2D eigenvalue weighted by Crippen LogP contribution is 2.39. The lowest BCUT2D eigenvalue weighted by Gasteiger charge is -2.39. The summed E-state index contributed by atoms with van der Waals surface area (Å²) in [7, 11) is 0. The second-order valence-electron chi connectivity index (χ2n) is 9.19. The maximum atomic E-state index is 13.0. The third kappa shape index (κ3) is 4.59. The molecular weight excluding hydrogens is 362 g/mol. The number of hydrogen-bond donors (Lipinski definition) is 1. The van der Waals surface area contributed by atoms with Gasteiger partial charge in [0.1, 0.15) is 0 Å². The number of carbonyl (C=O) groups excluding carboxylic acids is 2. The number of carbonyl (C=O) groups is 2. The van der Waals surface area contributed by atoms with Crippen LogP contribution in [0.2, 0.25) is 0 Å². The summed E-state index contributed by atoms with van der Waals surface area (Å²) < 4.78 is 0. The fourth-order valence-electron chi connectivity index (χ4n) is 5.46. The molecule has 1 atom stereocenters. The van der Waals surface area contributed by atoms with Gasteiger partial charge in [-0.3, -0.25) is 4.79 Å². The van der Waals surface area contributed by atoms with E-state index in [0.29, 0.717) is 13.1 Å². The number of urea groups is 1. The molecule has 2 aliphatic heterocycles. The zero-order chi connectivity index (χ0) is 20.1. The maximum absolute atomic E-state index is 13.0. The van der Waals surface area contributed by atoms with Crippen LogP contribution in [0.5, 0.6) is 0 Å². The molecule has 1 saturated carbocycles. The number of hydrogen-bond acceptors (Lipinski definition) is 2. The molecule has 3 fully saturated rings. The number of nitrogens with one attached hydrogen (secondary N) is 1. The van der Waals surface area contributed by atoms with Crippen LogP contribution in [0.25, 0.3) is 0 Å². The third-order valence-corrected chi connectivity index (χ3v) is 7.24. The number of nitrogens with zero attached hydrogens (tertiary/aromatic N) is 2. The molecule has 5 heteroatoms. The largest absolute Gasteiger partial charge is 0.355 e. The Morgan fingerprint density at radius 3 is 2.31 bits per heavy atom. The summed E-state index contributed by atoms with van der Waals surface area (Å²) in [6.07, 6.45) is 10.0. The van der Waals surface area contributed by atoms with Gasteiger partial charge >= 0.3 is 6.03 Å². The molecule has 0 bridgehead atoms. The molecule has 2 heterocycles. The standard InChI is InChI=1S/C24H35N3O2/c28-22(20-10-9-17-27(18-20)23(29)26-15-7-8-16-26)25-19-24(13-5-2-6-14-24)21-11-3-1-4-12-21/h1,3-4,11-12,20H,2,5-10,13-19H2,(H,25,28)/t20-/m1/s1. The van der Waals surface area contributed by atoms with Crippen molar-refractivity contribution in [2.75, 3.05) is 32.7 Å². The van der Waals surface area contributed by atoms with E-state index in [2.05, 4.69) is 35.6 Å². The van der Waals surface area contributed by atoms with Gasteiger partial charge in [0, 0.05) is 38.1 Å². The van der Waals surface area contributed by atoms with E-state index in [9.17, 15) is 9.59 Å². The van der Waals surface area contributed by atoms with Crippen molar-refractivity contribution < 1.29 is 9.59 Å². The van der Waals surface area contributed by atoms with Crippen LogP contribution < -0.4 is 5.32 Å². The van der Waals surface area contributed by atoms with E-state index in [-0.39, 0.29) is 23.3 Å². The zero-order valence-corrected chi connectivity index (χ0v) is 17.6.